The summed E-state index contributed by atoms with van der Waals surface area (Å²) >= 11 is 0. The molecule has 0 heterocycles. The lowest BCUT2D eigenvalue weighted by Gasteiger charge is -2.25. The van der Waals surface area contributed by atoms with E-state index in [2.05, 4.69) is 4.74 Å². The highest BCUT2D eigenvalue weighted by atomic mass is 19.4. The van der Waals surface area contributed by atoms with Crippen LogP contribution in [0.4, 0.5) is 26.3 Å². The summed E-state index contributed by atoms with van der Waals surface area (Å²) in [5, 5.41) is 0. The molecule has 1 aromatic rings. The fraction of sp³-hybridized carbons (Fsp3) is 0.571. The van der Waals surface area contributed by atoms with Gasteiger partial charge in [0.15, 0.2) is 24.0 Å². The summed E-state index contributed by atoms with van der Waals surface area (Å²) in [6.07, 6.45) is -4.01. The Kier molecular flexibility index (Phi) is 4.68. The van der Waals surface area contributed by atoms with Crippen LogP contribution in [0.15, 0.2) is 12.1 Å². The summed E-state index contributed by atoms with van der Waals surface area (Å²) in [5.41, 5.74) is 0.330. The third-order valence-electron chi connectivity index (χ3n) is 3.53. The van der Waals surface area contributed by atoms with Gasteiger partial charge in [-0.15, -0.1) is 0 Å². The quantitative estimate of drug-likeness (QED) is 0.721. The molecule has 1 aromatic carbocycles. The number of hydrogen-bond acceptors (Lipinski definition) is 1. The van der Waals surface area contributed by atoms with Gasteiger partial charge in [-0.1, -0.05) is 0 Å². The molecule has 0 unspecified atom stereocenters. The second-order valence-corrected chi connectivity index (χ2v) is 5.17. The topological polar surface area (TPSA) is 9.23 Å². The Morgan fingerprint density at radius 2 is 1.52 bits per heavy atom. The smallest absolute Gasteiger partial charge is 0.422 e. The molecule has 0 bridgehead atoms. The van der Waals surface area contributed by atoms with Crippen LogP contribution in [-0.2, 0) is 0 Å². The van der Waals surface area contributed by atoms with Crippen LogP contribution in [0.3, 0.4) is 0 Å². The number of halogens is 6. The van der Waals surface area contributed by atoms with Crippen molar-refractivity contribution >= 4 is 0 Å². The number of ether oxygens (including phenoxy) is 1. The number of alkyl halides is 4. The first-order chi connectivity index (χ1) is 9.76. The highest BCUT2D eigenvalue weighted by Crippen LogP contribution is 2.36. The summed E-state index contributed by atoms with van der Waals surface area (Å²) in [4.78, 5) is 0. The zero-order chi connectivity index (χ0) is 15.6. The molecule has 7 heteroatoms. The lowest BCUT2D eigenvalue weighted by atomic mass is 9.83. The molecule has 1 fully saturated rings. The van der Waals surface area contributed by atoms with Crippen molar-refractivity contribution in [3.8, 4) is 5.75 Å². The van der Waals surface area contributed by atoms with Crippen molar-refractivity contribution in [3.05, 3.63) is 29.3 Å². The highest BCUT2D eigenvalue weighted by Gasteiger charge is 2.30. The second kappa shape index (κ2) is 6.15. The van der Waals surface area contributed by atoms with Gasteiger partial charge in [0.2, 0.25) is 0 Å². The lowest BCUT2D eigenvalue weighted by Crippen LogP contribution is -2.20. The average Bonchev–Trinajstić information content (AvgIpc) is 2.37. The van der Waals surface area contributed by atoms with Crippen LogP contribution >= 0.6 is 0 Å². The van der Waals surface area contributed by atoms with Gasteiger partial charge in [-0.25, -0.2) is 13.2 Å². The first kappa shape index (κ1) is 16.0. The summed E-state index contributed by atoms with van der Waals surface area (Å²) in [7, 11) is 0. The molecule has 21 heavy (non-hydrogen) atoms. The maximum atomic E-state index is 13.7. The fourth-order valence-corrected chi connectivity index (χ4v) is 2.49. The Hall–Kier alpha value is -1.40. The van der Waals surface area contributed by atoms with Gasteiger partial charge in [-0.2, -0.15) is 13.2 Å². The Morgan fingerprint density at radius 1 is 1.00 bits per heavy atom. The second-order valence-electron chi connectivity index (χ2n) is 5.17. The molecule has 0 aliphatic heterocycles. The zero-order valence-corrected chi connectivity index (χ0v) is 11.0. The highest BCUT2D eigenvalue weighted by molar-refractivity contribution is 5.33. The van der Waals surface area contributed by atoms with Gasteiger partial charge in [-0.05, 0) is 49.3 Å². The third-order valence-corrected chi connectivity index (χ3v) is 3.53. The minimum Gasteiger partial charge on any atom is -0.478 e. The van der Waals surface area contributed by atoms with E-state index in [0.29, 0.717) is 31.2 Å². The molecular formula is C14H14F6O. The normalized spacial score (nSPS) is 23.1. The van der Waals surface area contributed by atoms with Crippen molar-refractivity contribution in [2.75, 3.05) is 6.61 Å². The van der Waals surface area contributed by atoms with Crippen LogP contribution in [0.5, 0.6) is 5.75 Å². The maximum Gasteiger partial charge on any atom is 0.422 e. The first-order valence-electron chi connectivity index (χ1n) is 6.59. The predicted molar refractivity (Wildman–Crippen MR) is 64.0 cm³/mol. The Bertz CT molecular complexity index is 468. The number of hydrogen-bond donors (Lipinski definition) is 0. The average molecular weight is 312 g/mol. The van der Waals surface area contributed by atoms with Gasteiger partial charge in [0, 0.05) is 0 Å². The van der Waals surface area contributed by atoms with Crippen molar-refractivity contribution in [2.24, 2.45) is 0 Å². The summed E-state index contributed by atoms with van der Waals surface area (Å²) in [5.74, 6) is -3.55. The van der Waals surface area contributed by atoms with E-state index in [1.807, 2.05) is 0 Å². The minimum atomic E-state index is -4.67. The molecule has 1 aliphatic carbocycles. The van der Waals surface area contributed by atoms with Gasteiger partial charge in [-0.3, -0.25) is 0 Å². The monoisotopic (exact) mass is 312 g/mol. The van der Waals surface area contributed by atoms with Crippen LogP contribution in [-0.4, -0.2) is 19.0 Å². The number of benzene rings is 1. The SMILES string of the molecule is Fc1cc(C2CCC(F)CC2)cc(F)c1OCC(F)(F)F. The van der Waals surface area contributed by atoms with Crippen molar-refractivity contribution in [1.29, 1.82) is 0 Å². The zero-order valence-electron chi connectivity index (χ0n) is 11.0. The molecule has 0 atom stereocenters. The van der Waals surface area contributed by atoms with E-state index in [1.54, 1.807) is 0 Å². The van der Waals surface area contributed by atoms with Crippen molar-refractivity contribution in [1.82, 2.24) is 0 Å². The largest absolute Gasteiger partial charge is 0.478 e. The molecule has 1 nitrogen and oxygen atoms in total. The maximum absolute atomic E-state index is 13.7. The standard InChI is InChI=1S/C14H14F6O/c15-10-3-1-8(2-4-10)9-5-11(16)13(12(17)6-9)21-7-14(18,19)20/h5-6,8,10H,1-4,7H2. The lowest BCUT2D eigenvalue weighted by molar-refractivity contribution is -0.154. The molecule has 0 saturated heterocycles. The Balaban J connectivity index is 2.13. The first-order valence-corrected chi connectivity index (χ1v) is 6.59. The summed E-state index contributed by atoms with van der Waals surface area (Å²) < 4.78 is 80.6. The van der Waals surface area contributed by atoms with E-state index in [0.717, 1.165) is 12.1 Å². The molecule has 1 aliphatic rings. The predicted octanol–water partition coefficient (Wildman–Crippen LogP) is 4.90. The molecule has 0 N–H and O–H groups in total. The number of rotatable bonds is 3. The van der Waals surface area contributed by atoms with Gasteiger partial charge in [0.1, 0.15) is 6.17 Å². The van der Waals surface area contributed by atoms with E-state index >= 15 is 0 Å². The molecule has 0 amide bonds. The molecule has 118 valence electrons. The molecular weight excluding hydrogens is 298 g/mol. The van der Waals surface area contributed by atoms with Gasteiger partial charge in [0.05, 0.1) is 0 Å². The van der Waals surface area contributed by atoms with Crippen LogP contribution < -0.4 is 4.74 Å². The summed E-state index contributed by atoms with van der Waals surface area (Å²) in [6, 6.07) is 1.94. The van der Waals surface area contributed by atoms with Crippen molar-refractivity contribution in [3.63, 3.8) is 0 Å². The molecule has 1 saturated carbocycles. The van der Waals surface area contributed by atoms with E-state index < -0.39 is 36.3 Å². The van der Waals surface area contributed by atoms with E-state index in [1.165, 1.54) is 0 Å². The van der Waals surface area contributed by atoms with Crippen LogP contribution in [0.25, 0.3) is 0 Å². The molecule has 2 rings (SSSR count). The van der Waals surface area contributed by atoms with Gasteiger partial charge >= 0.3 is 6.18 Å². The fourth-order valence-electron chi connectivity index (χ4n) is 2.49. The Labute approximate surface area is 117 Å². The van der Waals surface area contributed by atoms with Crippen LogP contribution in [0, 0.1) is 11.6 Å². The third kappa shape index (κ3) is 4.28. The summed E-state index contributed by atoms with van der Waals surface area (Å²) in [6.45, 7) is -1.76. The van der Waals surface area contributed by atoms with Crippen LogP contribution in [0.1, 0.15) is 37.2 Å². The van der Waals surface area contributed by atoms with Crippen molar-refractivity contribution in [2.45, 2.75) is 43.9 Å². The van der Waals surface area contributed by atoms with E-state index in [4.69, 9.17) is 0 Å². The van der Waals surface area contributed by atoms with Crippen LogP contribution in [0.2, 0.25) is 0 Å². The van der Waals surface area contributed by atoms with Gasteiger partial charge in [0.25, 0.3) is 0 Å². The Morgan fingerprint density at radius 3 is 2.00 bits per heavy atom. The van der Waals surface area contributed by atoms with Gasteiger partial charge < -0.3 is 4.74 Å². The van der Waals surface area contributed by atoms with E-state index in [9.17, 15) is 26.3 Å². The molecule has 0 radical (unpaired) electrons. The van der Waals surface area contributed by atoms with E-state index in [-0.39, 0.29) is 5.92 Å². The van der Waals surface area contributed by atoms with Crippen molar-refractivity contribution < 1.29 is 31.1 Å². The molecule has 0 spiro atoms. The minimum absolute atomic E-state index is 0.183. The molecule has 0 aromatic heterocycles.